The van der Waals surface area contributed by atoms with Crippen LogP contribution < -0.4 is 5.73 Å². The Morgan fingerprint density at radius 3 is 2.92 bits per heavy atom. The Bertz CT molecular complexity index is 404. The van der Waals surface area contributed by atoms with E-state index >= 15 is 0 Å². The van der Waals surface area contributed by atoms with Crippen LogP contribution in [0.25, 0.3) is 11.6 Å². The molecular formula is C8H10N4O. The van der Waals surface area contributed by atoms with E-state index in [0.29, 0.717) is 11.6 Å². The van der Waals surface area contributed by atoms with Gasteiger partial charge in [-0.1, -0.05) is 6.92 Å². The van der Waals surface area contributed by atoms with Crippen LogP contribution in [-0.2, 0) is 6.42 Å². The Kier molecular flexibility index (Phi) is 1.77. The quantitative estimate of drug-likeness (QED) is 0.724. The summed E-state index contributed by atoms with van der Waals surface area (Å²) in [6.07, 6.45) is 0.865. The lowest BCUT2D eigenvalue weighted by Gasteiger charge is -1.88. The van der Waals surface area contributed by atoms with Crippen LogP contribution in [0.1, 0.15) is 12.7 Å². The first kappa shape index (κ1) is 7.85. The zero-order valence-electron chi connectivity index (χ0n) is 7.24. The van der Waals surface area contributed by atoms with E-state index in [4.69, 9.17) is 10.2 Å². The average Bonchev–Trinajstić information content (AvgIpc) is 2.71. The Morgan fingerprint density at radius 2 is 2.38 bits per heavy atom. The van der Waals surface area contributed by atoms with Gasteiger partial charge < -0.3 is 10.2 Å². The highest BCUT2D eigenvalue weighted by molar-refractivity contribution is 5.48. The Balaban J connectivity index is 2.35. The standard InChI is InChI=1S/C8H10N4O/c1-2-5-3-4-6(13-5)7-10-8(9)12-11-7/h3-4H,2H2,1H3,(H3,9,10,11,12). The molecule has 0 aliphatic rings. The summed E-state index contributed by atoms with van der Waals surface area (Å²) in [5.74, 6) is 2.38. The minimum atomic E-state index is 0.226. The van der Waals surface area contributed by atoms with Crippen molar-refractivity contribution in [1.29, 1.82) is 0 Å². The normalized spacial score (nSPS) is 10.5. The third kappa shape index (κ3) is 1.40. The number of aromatic amines is 1. The molecule has 5 nitrogen and oxygen atoms in total. The zero-order chi connectivity index (χ0) is 9.26. The predicted molar refractivity (Wildman–Crippen MR) is 47.9 cm³/mol. The smallest absolute Gasteiger partial charge is 0.239 e. The highest BCUT2D eigenvalue weighted by Crippen LogP contribution is 2.18. The van der Waals surface area contributed by atoms with Crippen molar-refractivity contribution in [3.05, 3.63) is 17.9 Å². The van der Waals surface area contributed by atoms with Gasteiger partial charge in [-0.15, -0.1) is 5.10 Å². The third-order valence-electron chi connectivity index (χ3n) is 1.75. The summed E-state index contributed by atoms with van der Waals surface area (Å²) in [4.78, 5) is 3.95. The molecule has 2 heterocycles. The second-order valence-electron chi connectivity index (χ2n) is 2.66. The molecule has 13 heavy (non-hydrogen) atoms. The van der Waals surface area contributed by atoms with Gasteiger partial charge in [0.2, 0.25) is 5.95 Å². The fourth-order valence-electron chi connectivity index (χ4n) is 1.08. The summed E-state index contributed by atoms with van der Waals surface area (Å²) in [7, 11) is 0. The van der Waals surface area contributed by atoms with Gasteiger partial charge >= 0.3 is 0 Å². The van der Waals surface area contributed by atoms with Gasteiger partial charge in [-0.2, -0.15) is 4.98 Å². The van der Waals surface area contributed by atoms with Crippen molar-refractivity contribution < 1.29 is 4.42 Å². The van der Waals surface area contributed by atoms with Gasteiger partial charge in [-0.25, -0.2) is 0 Å². The van der Waals surface area contributed by atoms with E-state index in [-0.39, 0.29) is 5.95 Å². The molecule has 0 fully saturated rings. The summed E-state index contributed by atoms with van der Waals surface area (Å²) in [6, 6.07) is 3.76. The molecule has 0 bridgehead atoms. The summed E-state index contributed by atoms with van der Waals surface area (Å²) in [5, 5.41) is 6.39. The number of nitrogen functional groups attached to an aromatic ring is 1. The maximum absolute atomic E-state index is 5.44. The van der Waals surface area contributed by atoms with Crippen LogP contribution in [0.4, 0.5) is 5.95 Å². The number of aryl methyl sites for hydroxylation is 1. The molecule has 0 aliphatic heterocycles. The number of aromatic nitrogens is 3. The van der Waals surface area contributed by atoms with E-state index in [2.05, 4.69) is 15.2 Å². The average molecular weight is 178 g/mol. The van der Waals surface area contributed by atoms with Gasteiger partial charge in [0.1, 0.15) is 5.76 Å². The number of rotatable bonds is 2. The first-order valence-corrected chi connectivity index (χ1v) is 4.06. The summed E-state index contributed by atoms with van der Waals surface area (Å²) in [6.45, 7) is 2.03. The van der Waals surface area contributed by atoms with Crippen LogP contribution in [0.3, 0.4) is 0 Å². The van der Waals surface area contributed by atoms with E-state index in [1.54, 1.807) is 0 Å². The van der Waals surface area contributed by atoms with Crippen LogP contribution in [0, 0.1) is 0 Å². The molecule has 0 aromatic carbocycles. The summed E-state index contributed by atoms with van der Waals surface area (Å²) < 4.78 is 5.44. The minimum Gasteiger partial charge on any atom is -0.458 e. The van der Waals surface area contributed by atoms with Crippen LogP contribution >= 0.6 is 0 Å². The van der Waals surface area contributed by atoms with E-state index in [9.17, 15) is 0 Å². The lowest BCUT2D eigenvalue weighted by molar-refractivity contribution is 0.526. The number of H-pyrrole nitrogens is 1. The van der Waals surface area contributed by atoms with Crippen molar-refractivity contribution in [2.75, 3.05) is 5.73 Å². The first-order valence-electron chi connectivity index (χ1n) is 4.06. The molecule has 2 aromatic heterocycles. The largest absolute Gasteiger partial charge is 0.458 e. The van der Waals surface area contributed by atoms with E-state index in [0.717, 1.165) is 12.2 Å². The van der Waals surface area contributed by atoms with Gasteiger partial charge in [0.05, 0.1) is 0 Å². The molecule has 3 N–H and O–H groups in total. The predicted octanol–water partition coefficient (Wildman–Crippen LogP) is 1.21. The number of nitrogens with zero attached hydrogens (tertiary/aromatic N) is 2. The number of nitrogens with two attached hydrogens (primary N) is 1. The number of hydrogen-bond acceptors (Lipinski definition) is 4. The lowest BCUT2D eigenvalue weighted by atomic mass is 10.3. The molecule has 0 saturated carbocycles. The molecule has 2 aromatic rings. The fraction of sp³-hybridized carbons (Fsp3) is 0.250. The molecule has 0 amide bonds. The second-order valence-corrected chi connectivity index (χ2v) is 2.66. The minimum absolute atomic E-state index is 0.226. The molecular weight excluding hydrogens is 168 g/mol. The lowest BCUT2D eigenvalue weighted by Crippen LogP contribution is -1.85. The Hall–Kier alpha value is -1.78. The molecule has 2 rings (SSSR count). The monoisotopic (exact) mass is 178 g/mol. The first-order chi connectivity index (χ1) is 6.29. The maximum Gasteiger partial charge on any atom is 0.239 e. The van der Waals surface area contributed by atoms with Gasteiger partial charge in [0, 0.05) is 6.42 Å². The van der Waals surface area contributed by atoms with E-state index in [1.165, 1.54) is 0 Å². The third-order valence-corrected chi connectivity index (χ3v) is 1.75. The van der Waals surface area contributed by atoms with Crippen LogP contribution in [0.2, 0.25) is 0 Å². The zero-order valence-corrected chi connectivity index (χ0v) is 7.24. The van der Waals surface area contributed by atoms with E-state index in [1.807, 2.05) is 19.1 Å². The van der Waals surface area contributed by atoms with Crippen molar-refractivity contribution in [2.24, 2.45) is 0 Å². The number of anilines is 1. The molecule has 68 valence electrons. The molecule has 0 radical (unpaired) electrons. The molecule has 0 atom stereocenters. The SMILES string of the molecule is CCc1ccc(-c2nc(N)n[nH]2)o1. The molecule has 0 aliphatic carbocycles. The maximum atomic E-state index is 5.44. The van der Waals surface area contributed by atoms with Crippen molar-refractivity contribution in [3.8, 4) is 11.6 Å². The van der Waals surface area contributed by atoms with Crippen molar-refractivity contribution in [3.63, 3.8) is 0 Å². The highest BCUT2D eigenvalue weighted by atomic mass is 16.3. The van der Waals surface area contributed by atoms with Crippen LogP contribution in [-0.4, -0.2) is 15.2 Å². The van der Waals surface area contributed by atoms with Crippen molar-refractivity contribution in [1.82, 2.24) is 15.2 Å². The van der Waals surface area contributed by atoms with Gasteiger partial charge in [0.25, 0.3) is 0 Å². The second kappa shape index (κ2) is 2.93. The fourth-order valence-corrected chi connectivity index (χ4v) is 1.08. The van der Waals surface area contributed by atoms with Gasteiger partial charge in [-0.05, 0) is 12.1 Å². The van der Waals surface area contributed by atoms with Crippen molar-refractivity contribution >= 4 is 5.95 Å². The van der Waals surface area contributed by atoms with E-state index < -0.39 is 0 Å². The topological polar surface area (TPSA) is 80.7 Å². The molecule has 0 saturated heterocycles. The summed E-state index contributed by atoms with van der Waals surface area (Å²) >= 11 is 0. The molecule has 5 heteroatoms. The van der Waals surface area contributed by atoms with Gasteiger partial charge in [0.15, 0.2) is 11.6 Å². The number of nitrogens with one attached hydrogen (secondary N) is 1. The molecule has 0 spiro atoms. The Morgan fingerprint density at radius 1 is 1.54 bits per heavy atom. The van der Waals surface area contributed by atoms with Crippen LogP contribution in [0.15, 0.2) is 16.5 Å². The van der Waals surface area contributed by atoms with Crippen LogP contribution in [0.5, 0.6) is 0 Å². The van der Waals surface area contributed by atoms with Crippen molar-refractivity contribution in [2.45, 2.75) is 13.3 Å². The summed E-state index contributed by atoms with van der Waals surface area (Å²) in [5.41, 5.74) is 5.36. The molecule has 0 unspecified atom stereocenters. The Labute approximate surface area is 75.0 Å². The van der Waals surface area contributed by atoms with Gasteiger partial charge in [-0.3, -0.25) is 5.10 Å². The number of furan rings is 1. The highest BCUT2D eigenvalue weighted by Gasteiger charge is 2.07. The number of hydrogen-bond donors (Lipinski definition) is 2.